The van der Waals surface area contributed by atoms with Crippen molar-refractivity contribution in [3.8, 4) is 5.75 Å². The molecule has 0 aliphatic heterocycles. The van der Waals surface area contributed by atoms with Gasteiger partial charge in [0, 0.05) is 12.4 Å². The minimum atomic E-state index is -0.150. The van der Waals surface area contributed by atoms with E-state index in [0.29, 0.717) is 17.2 Å². The van der Waals surface area contributed by atoms with E-state index in [1.807, 2.05) is 5.38 Å². The Balaban J connectivity index is 1.98. The van der Waals surface area contributed by atoms with E-state index in [9.17, 15) is 4.79 Å². The van der Waals surface area contributed by atoms with Gasteiger partial charge in [-0.2, -0.15) is 0 Å². The predicted octanol–water partition coefficient (Wildman–Crippen LogP) is 1.41. The molecule has 1 amide bonds. The van der Waals surface area contributed by atoms with E-state index in [1.54, 1.807) is 25.6 Å². The Labute approximate surface area is 96.5 Å². The van der Waals surface area contributed by atoms with Crippen molar-refractivity contribution in [2.45, 2.75) is 6.54 Å². The molecule has 2 heterocycles. The Kier molecular flexibility index (Phi) is 3.21. The smallest absolute Gasteiger partial charge is 0.265 e. The molecule has 2 N–H and O–H groups in total. The van der Waals surface area contributed by atoms with Gasteiger partial charge >= 0.3 is 0 Å². The number of ether oxygens (including phenoxy) is 1. The second-order valence-corrected chi connectivity index (χ2v) is 3.95. The third-order valence-electron chi connectivity index (χ3n) is 2.03. The summed E-state index contributed by atoms with van der Waals surface area (Å²) in [5.41, 5.74) is 0. The maximum absolute atomic E-state index is 11.8. The summed E-state index contributed by atoms with van der Waals surface area (Å²) in [6, 6.07) is 1.77. The highest BCUT2D eigenvalue weighted by atomic mass is 32.1. The lowest BCUT2D eigenvalue weighted by molar-refractivity contribution is 0.0951. The quantitative estimate of drug-likeness (QED) is 0.844. The van der Waals surface area contributed by atoms with Crippen LogP contribution in [-0.2, 0) is 6.54 Å². The number of hydrogen-bond acceptors (Lipinski definition) is 4. The number of nitrogens with one attached hydrogen (secondary N) is 2. The maximum Gasteiger partial charge on any atom is 0.265 e. The molecule has 6 heteroatoms. The zero-order valence-corrected chi connectivity index (χ0v) is 9.50. The van der Waals surface area contributed by atoms with E-state index >= 15 is 0 Å². The van der Waals surface area contributed by atoms with Gasteiger partial charge < -0.3 is 15.0 Å². The van der Waals surface area contributed by atoms with Crippen molar-refractivity contribution >= 4 is 17.2 Å². The number of thiophene rings is 1. The summed E-state index contributed by atoms with van der Waals surface area (Å²) in [5.74, 6) is 1.18. The first-order chi connectivity index (χ1) is 7.81. The van der Waals surface area contributed by atoms with E-state index in [-0.39, 0.29) is 5.91 Å². The van der Waals surface area contributed by atoms with Crippen molar-refractivity contribution < 1.29 is 9.53 Å². The molecule has 0 fully saturated rings. The molecule has 2 aromatic heterocycles. The topological polar surface area (TPSA) is 67.0 Å². The van der Waals surface area contributed by atoms with E-state index < -0.39 is 0 Å². The van der Waals surface area contributed by atoms with Gasteiger partial charge in [-0.3, -0.25) is 4.79 Å². The number of carbonyl (C=O) groups excluding carboxylic acids is 1. The molecule has 0 aliphatic rings. The van der Waals surface area contributed by atoms with Crippen LogP contribution < -0.4 is 10.1 Å². The van der Waals surface area contributed by atoms with Crippen molar-refractivity contribution in [1.29, 1.82) is 0 Å². The monoisotopic (exact) mass is 237 g/mol. The lowest BCUT2D eigenvalue weighted by atomic mass is 10.4. The van der Waals surface area contributed by atoms with Gasteiger partial charge in [-0.15, -0.1) is 11.3 Å². The Morgan fingerprint density at radius 3 is 3.25 bits per heavy atom. The highest BCUT2D eigenvalue weighted by Crippen LogP contribution is 2.23. The molecular weight excluding hydrogens is 226 g/mol. The molecule has 0 aliphatic carbocycles. The second kappa shape index (κ2) is 4.80. The molecule has 0 spiro atoms. The van der Waals surface area contributed by atoms with Gasteiger partial charge in [0.2, 0.25) is 0 Å². The molecule has 2 rings (SSSR count). The summed E-state index contributed by atoms with van der Waals surface area (Å²) in [6.07, 6.45) is 3.36. The highest BCUT2D eigenvalue weighted by Gasteiger charge is 2.13. The Morgan fingerprint density at radius 1 is 1.69 bits per heavy atom. The van der Waals surface area contributed by atoms with Crippen molar-refractivity contribution in [3.05, 3.63) is 34.5 Å². The number of aromatic amines is 1. The average molecular weight is 237 g/mol. The van der Waals surface area contributed by atoms with Crippen LogP contribution >= 0.6 is 11.3 Å². The second-order valence-electron chi connectivity index (χ2n) is 3.04. The fourth-order valence-corrected chi connectivity index (χ4v) is 2.04. The summed E-state index contributed by atoms with van der Waals surface area (Å²) < 4.78 is 5.07. The van der Waals surface area contributed by atoms with Crippen molar-refractivity contribution in [3.63, 3.8) is 0 Å². The van der Waals surface area contributed by atoms with Gasteiger partial charge in [-0.1, -0.05) is 0 Å². The zero-order valence-electron chi connectivity index (χ0n) is 8.69. The predicted molar refractivity (Wildman–Crippen MR) is 60.6 cm³/mol. The first-order valence-electron chi connectivity index (χ1n) is 4.69. The van der Waals surface area contributed by atoms with Crippen LogP contribution in [-0.4, -0.2) is 23.0 Å². The Morgan fingerprint density at radius 2 is 2.56 bits per heavy atom. The number of carbonyl (C=O) groups is 1. The maximum atomic E-state index is 11.8. The molecule has 0 aromatic carbocycles. The van der Waals surface area contributed by atoms with E-state index in [4.69, 9.17) is 4.74 Å². The van der Waals surface area contributed by atoms with Crippen LogP contribution in [0.5, 0.6) is 5.75 Å². The zero-order chi connectivity index (χ0) is 11.4. The molecular formula is C10H11N3O2S. The molecule has 0 saturated carbocycles. The Bertz CT molecular complexity index is 464. The van der Waals surface area contributed by atoms with E-state index in [2.05, 4.69) is 15.3 Å². The van der Waals surface area contributed by atoms with Crippen molar-refractivity contribution in [2.75, 3.05) is 7.11 Å². The molecule has 0 unspecified atom stereocenters. The number of rotatable bonds is 4. The van der Waals surface area contributed by atoms with Gasteiger partial charge in [0.15, 0.2) is 0 Å². The van der Waals surface area contributed by atoms with Gasteiger partial charge in [-0.05, 0) is 11.4 Å². The number of nitrogens with zero attached hydrogens (tertiary/aromatic N) is 1. The van der Waals surface area contributed by atoms with Crippen LogP contribution in [0.1, 0.15) is 15.5 Å². The highest BCUT2D eigenvalue weighted by molar-refractivity contribution is 7.12. The number of methoxy groups -OCH3 is 1. The first-order valence-corrected chi connectivity index (χ1v) is 5.57. The van der Waals surface area contributed by atoms with Crippen LogP contribution in [0.25, 0.3) is 0 Å². The SMILES string of the molecule is COc1ccsc1C(=O)NCc1ncc[nH]1. The normalized spacial score (nSPS) is 10.1. The molecule has 84 valence electrons. The number of H-pyrrole nitrogens is 1. The fraction of sp³-hybridized carbons (Fsp3) is 0.200. The van der Waals surface area contributed by atoms with Crippen LogP contribution in [0.4, 0.5) is 0 Å². The summed E-state index contributed by atoms with van der Waals surface area (Å²) in [7, 11) is 1.55. The molecule has 0 atom stereocenters. The summed E-state index contributed by atoms with van der Waals surface area (Å²) >= 11 is 1.35. The summed E-state index contributed by atoms with van der Waals surface area (Å²) in [4.78, 5) is 19.3. The lowest BCUT2D eigenvalue weighted by Crippen LogP contribution is -2.22. The van der Waals surface area contributed by atoms with Gasteiger partial charge in [0.25, 0.3) is 5.91 Å². The molecule has 0 bridgehead atoms. The van der Waals surface area contributed by atoms with Crippen LogP contribution in [0.2, 0.25) is 0 Å². The van der Waals surface area contributed by atoms with Gasteiger partial charge in [-0.25, -0.2) is 4.98 Å². The summed E-state index contributed by atoms with van der Waals surface area (Å²) in [6.45, 7) is 0.382. The third-order valence-corrected chi connectivity index (χ3v) is 2.92. The number of imidazole rings is 1. The fourth-order valence-electron chi connectivity index (χ4n) is 1.26. The molecule has 2 aromatic rings. The molecule has 5 nitrogen and oxygen atoms in total. The van der Waals surface area contributed by atoms with Gasteiger partial charge in [0.05, 0.1) is 13.7 Å². The molecule has 0 radical (unpaired) electrons. The van der Waals surface area contributed by atoms with Crippen molar-refractivity contribution in [2.24, 2.45) is 0 Å². The molecule has 16 heavy (non-hydrogen) atoms. The van der Waals surface area contributed by atoms with Gasteiger partial charge in [0.1, 0.15) is 16.5 Å². The van der Waals surface area contributed by atoms with Crippen LogP contribution in [0.15, 0.2) is 23.8 Å². The van der Waals surface area contributed by atoms with Crippen LogP contribution in [0.3, 0.4) is 0 Å². The Hall–Kier alpha value is -1.82. The average Bonchev–Trinajstić information content (AvgIpc) is 2.96. The standard InChI is InChI=1S/C10H11N3O2S/c1-15-7-2-5-16-9(7)10(14)13-6-8-11-3-4-12-8/h2-5H,6H2,1H3,(H,11,12)(H,13,14). The van der Waals surface area contributed by atoms with E-state index in [0.717, 1.165) is 5.82 Å². The summed E-state index contributed by atoms with van der Waals surface area (Å²) in [5, 5.41) is 4.58. The lowest BCUT2D eigenvalue weighted by Gasteiger charge is -2.03. The first kappa shape index (κ1) is 10.7. The number of amides is 1. The number of hydrogen-bond donors (Lipinski definition) is 2. The largest absolute Gasteiger partial charge is 0.495 e. The van der Waals surface area contributed by atoms with Crippen molar-refractivity contribution in [1.82, 2.24) is 15.3 Å². The third kappa shape index (κ3) is 2.22. The van der Waals surface area contributed by atoms with Crippen LogP contribution in [0, 0.1) is 0 Å². The molecule has 0 saturated heterocycles. The van der Waals surface area contributed by atoms with E-state index in [1.165, 1.54) is 11.3 Å². The minimum absolute atomic E-state index is 0.150. The minimum Gasteiger partial charge on any atom is -0.495 e. The number of aromatic nitrogens is 2.